The van der Waals surface area contributed by atoms with Gasteiger partial charge in [-0.3, -0.25) is 24.3 Å². The van der Waals surface area contributed by atoms with Gasteiger partial charge in [-0.15, -0.1) is 0 Å². The number of pyridine rings is 2. The highest BCUT2D eigenvalue weighted by molar-refractivity contribution is 7.85. The van der Waals surface area contributed by atoms with Crippen molar-refractivity contribution in [2.24, 2.45) is 22.0 Å². The number of ether oxygens (including phenoxy) is 6. The maximum absolute atomic E-state index is 13.7. The summed E-state index contributed by atoms with van der Waals surface area (Å²) >= 11 is 1.37. The molecule has 0 radical (unpaired) electrons. The molecule has 4 aromatic heterocycles. The van der Waals surface area contributed by atoms with Crippen LogP contribution in [0.1, 0.15) is 84.5 Å². The third kappa shape index (κ3) is 15.1. The van der Waals surface area contributed by atoms with Gasteiger partial charge in [-0.1, -0.05) is 43.4 Å². The summed E-state index contributed by atoms with van der Waals surface area (Å²) in [5.74, 6) is -3.64. The molecule has 29 heteroatoms. The molecule has 1 saturated heterocycles. The second-order valence-corrected chi connectivity index (χ2v) is 28.2. The lowest BCUT2D eigenvalue weighted by Crippen LogP contribution is -2.64. The van der Waals surface area contributed by atoms with Crippen molar-refractivity contribution in [2.75, 3.05) is 64.2 Å². The number of carbonyl (C=O) groups excluding carboxylic acids is 2. The lowest BCUT2D eigenvalue weighted by Gasteiger charge is -2.69. The molecule has 2 amide bonds. The van der Waals surface area contributed by atoms with E-state index in [2.05, 4.69) is 39.4 Å². The molecule has 4 aliphatic carbocycles. The molecule has 3 aromatic carbocycles. The Morgan fingerprint density at radius 2 is 1.62 bits per heavy atom. The van der Waals surface area contributed by atoms with Crippen LogP contribution in [-0.4, -0.2) is 193 Å². The van der Waals surface area contributed by atoms with E-state index in [0.717, 1.165) is 54.4 Å². The van der Waals surface area contributed by atoms with Gasteiger partial charge in [0.05, 0.1) is 58.8 Å². The topological polar surface area (TPSA) is 389 Å². The van der Waals surface area contributed by atoms with E-state index in [1.54, 1.807) is 61.9 Å². The fourth-order valence-electron chi connectivity index (χ4n) is 14.9. The summed E-state index contributed by atoms with van der Waals surface area (Å²) in [6.07, 6.45) is -1.68. The minimum atomic E-state index is -4.21. The highest BCUT2D eigenvalue weighted by Gasteiger charge is 2.66. The molecule has 4 bridgehead atoms. The summed E-state index contributed by atoms with van der Waals surface area (Å²) in [6, 6.07) is 21.8. The molecule has 5 aliphatic rings. The summed E-state index contributed by atoms with van der Waals surface area (Å²) in [5, 5.41) is 63.8. The molecule has 1 aliphatic heterocycles. The Morgan fingerprint density at radius 3 is 2.37 bits per heavy atom. The van der Waals surface area contributed by atoms with E-state index < -0.39 is 76.3 Å². The van der Waals surface area contributed by atoms with Crippen molar-refractivity contribution < 1.29 is 86.1 Å². The SMILES string of the molecule is Cc1c(-c2ccc(-c3cnc4cccc(C(=O)Nc5nc6ccccc6s5)c4c3)nc2C(=O)O)cnn1CC12CC3(C)CC(C)(C1)CC(OCCN(C)C(=O)OCc1ccc(OCCOCCNC[C@@H](N)CS(=O)(=O)O)cc1O[C@@H]1O[C@H](C(=O)O)[C@@H](O)[C@H](O)[C@H]1O)(C3)C2. The summed E-state index contributed by atoms with van der Waals surface area (Å²) in [6.45, 7) is 7.91. The zero-order valence-electron chi connectivity index (χ0n) is 51.6. The van der Waals surface area contributed by atoms with Crippen molar-refractivity contribution in [1.82, 2.24) is 34.9 Å². The first-order valence-corrected chi connectivity index (χ1v) is 32.8. The zero-order chi connectivity index (χ0) is 66.2. The normalized spacial score (nSPS) is 25.2. The molecular weight excluding hydrogens is 1250 g/mol. The standard InChI is InChI=1S/C64H75N9O18S2/c1-36-44(41-14-15-45(69-50(41)56(78)79)38-22-43-42(8-7-10-46(43)67-24-38)55(77)71-59-70-47-9-5-6-11-49(47)92-59)26-68-73(36)35-63-30-61(2)29-62(3,31-63)33-64(32-61,34-63)89-19-17-72(4)60(82)88-27-37-12-13-40(87-21-20-86-18-16-66-25-39(65)28-93(83,84)85)23-48(37)90-58-53(76)51(74)52(75)54(91-58)57(80)81/h5-15,22-24,26,39,51-54,58,66,74-76H,16-21,25,27-35,65H2,1-4H3,(H,78,79)(H,80,81)(H,70,71,77)(H,83,84,85)/t39-,51+,52+,53-,54+,58-,61?,62?,63?,64?/m1/s1. The monoisotopic (exact) mass is 1320 g/mol. The van der Waals surface area contributed by atoms with Gasteiger partial charge in [-0.2, -0.15) is 13.5 Å². The van der Waals surface area contributed by atoms with Crippen molar-refractivity contribution >= 4 is 71.6 Å². The van der Waals surface area contributed by atoms with Crippen LogP contribution in [0.3, 0.4) is 0 Å². The summed E-state index contributed by atoms with van der Waals surface area (Å²) in [5.41, 5.74) is 9.35. The number of nitrogens with one attached hydrogen (secondary N) is 2. The van der Waals surface area contributed by atoms with Gasteiger partial charge < -0.3 is 69.9 Å². The number of para-hydroxylation sites is 1. The summed E-state index contributed by atoms with van der Waals surface area (Å²) < 4.78 is 69.4. The van der Waals surface area contributed by atoms with Crippen LogP contribution in [0.2, 0.25) is 0 Å². The number of nitrogens with two attached hydrogens (primary N) is 1. The molecule has 2 unspecified atom stereocenters. The highest BCUT2D eigenvalue weighted by Crippen LogP contribution is 2.72. The Balaban J connectivity index is 0.726. The number of nitrogens with zero attached hydrogens (tertiary/aromatic N) is 6. The Labute approximate surface area is 538 Å². The highest BCUT2D eigenvalue weighted by atomic mass is 32.2. The van der Waals surface area contributed by atoms with Crippen molar-refractivity contribution in [3.63, 3.8) is 0 Å². The van der Waals surface area contributed by atoms with Crippen LogP contribution in [-0.2, 0) is 47.0 Å². The van der Waals surface area contributed by atoms with E-state index in [9.17, 15) is 53.1 Å². The van der Waals surface area contributed by atoms with Gasteiger partial charge in [0, 0.05) is 90.4 Å². The van der Waals surface area contributed by atoms with E-state index in [1.807, 2.05) is 35.9 Å². The fourth-order valence-corrected chi connectivity index (χ4v) is 16.4. The van der Waals surface area contributed by atoms with E-state index in [-0.39, 0.29) is 91.0 Å². The lowest BCUT2D eigenvalue weighted by atomic mass is 9.39. The van der Waals surface area contributed by atoms with E-state index in [4.69, 9.17) is 43.8 Å². The van der Waals surface area contributed by atoms with Crippen LogP contribution in [0.15, 0.2) is 91.3 Å². The number of carboxylic acid groups (broad SMARTS) is 2. The quantitative estimate of drug-likeness (QED) is 0.0213. The van der Waals surface area contributed by atoms with Gasteiger partial charge in [0.15, 0.2) is 16.9 Å². The molecule has 496 valence electrons. The van der Waals surface area contributed by atoms with Crippen molar-refractivity contribution in [3.05, 3.63) is 114 Å². The van der Waals surface area contributed by atoms with Gasteiger partial charge in [-0.05, 0) is 116 Å². The smallest absolute Gasteiger partial charge is 0.409 e. The molecule has 0 spiro atoms. The molecule has 10 N–H and O–H groups in total. The third-order valence-corrected chi connectivity index (χ3v) is 19.6. The first kappa shape index (κ1) is 66.6. The number of amides is 2. The molecule has 12 rings (SSSR count). The average Bonchev–Trinajstić information content (AvgIpc) is 1.31. The minimum absolute atomic E-state index is 0.0314. The molecule has 5 heterocycles. The van der Waals surface area contributed by atoms with Crippen molar-refractivity contribution in [3.8, 4) is 33.9 Å². The molecule has 93 heavy (non-hydrogen) atoms. The Hall–Kier alpha value is -7.81. The molecule has 5 fully saturated rings. The zero-order valence-corrected chi connectivity index (χ0v) is 53.2. The Morgan fingerprint density at radius 1 is 0.860 bits per heavy atom. The molecule has 4 saturated carbocycles. The van der Waals surface area contributed by atoms with Crippen LogP contribution in [0.5, 0.6) is 11.5 Å². The molecule has 8 atom stereocenters. The number of aromatic carboxylic acids is 1. The third-order valence-electron chi connectivity index (χ3n) is 17.8. The number of likely N-dealkylation sites (N-methyl/N-ethyl adjacent to an activating group) is 1. The maximum atomic E-state index is 13.7. The second-order valence-electron chi connectivity index (χ2n) is 25.7. The lowest BCUT2D eigenvalue weighted by molar-refractivity contribution is -0.271. The number of aliphatic hydroxyl groups is 3. The number of carboxylic acids is 2. The average molecular weight is 1320 g/mol. The number of aliphatic carboxylic acids is 1. The van der Waals surface area contributed by atoms with E-state index in [0.29, 0.717) is 57.1 Å². The van der Waals surface area contributed by atoms with Crippen LogP contribution in [0.25, 0.3) is 43.5 Å². The van der Waals surface area contributed by atoms with E-state index in [1.165, 1.54) is 28.4 Å². The Bertz CT molecular complexity index is 4020. The molecule has 27 nitrogen and oxygen atoms in total. The number of carbonyl (C=O) groups is 4. The van der Waals surface area contributed by atoms with Crippen molar-refractivity contribution in [2.45, 2.75) is 115 Å². The first-order chi connectivity index (χ1) is 44.2. The van der Waals surface area contributed by atoms with Crippen LogP contribution in [0.4, 0.5) is 9.93 Å². The number of benzene rings is 3. The number of aromatic nitrogens is 5. The number of anilines is 1. The van der Waals surface area contributed by atoms with Crippen molar-refractivity contribution in [1.29, 1.82) is 0 Å². The number of hydrogen-bond donors (Lipinski definition) is 9. The number of hydrogen-bond acceptors (Lipinski definition) is 22. The minimum Gasteiger partial charge on any atom is -0.491 e. The van der Waals surface area contributed by atoms with Gasteiger partial charge in [-0.25, -0.2) is 24.4 Å². The number of rotatable bonds is 27. The maximum Gasteiger partial charge on any atom is 0.409 e. The van der Waals surface area contributed by atoms with Crippen LogP contribution < -0.4 is 25.8 Å². The summed E-state index contributed by atoms with van der Waals surface area (Å²) in [4.78, 5) is 67.7. The van der Waals surface area contributed by atoms with E-state index >= 15 is 0 Å². The van der Waals surface area contributed by atoms with Gasteiger partial charge in [0.25, 0.3) is 16.0 Å². The number of thiazole rings is 1. The van der Waals surface area contributed by atoms with Crippen LogP contribution in [0, 0.1) is 23.2 Å². The predicted octanol–water partition coefficient (Wildman–Crippen LogP) is 5.90. The predicted molar refractivity (Wildman–Crippen MR) is 338 cm³/mol. The molecule has 7 aromatic rings. The van der Waals surface area contributed by atoms with Gasteiger partial charge in [0.1, 0.15) is 43.0 Å². The van der Waals surface area contributed by atoms with Gasteiger partial charge in [0.2, 0.25) is 6.29 Å². The van der Waals surface area contributed by atoms with Crippen LogP contribution >= 0.6 is 11.3 Å². The first-order valence-electron chi connectivity index (χ1n) is 30.4. The largest absolute Gasteiger partial charge is 0.491 e. The fraction of sp³-hybridized carbons (Fsp3) is 0.469. The van der Waals surface area contributed by atoms with Gasteiger partial charge >= 0.3 is 18.0 Å². The Kier molecular flexibility index (Phi) is 19.3. The second kappa shape index (κ2) is 26.9. The molecular formula is C64H75N9O18S2. The number of fused-ring (bicyclic) bond motifs is 2. The summed E-state index contributed by atoms with van der Waals surface area (Å²) in [7, 11) is -2.64. The number of aliphatic hydroxyl groups excluding tert-OH is 3.